The lowest BCUT2D eigenvalue weighted by molar-refractivity contribution is -0.184. The summed E-state index contributed by atoms with van der Waals surface area (Å²) in [5.74, 6) is -1.95. The van der Waals surface area contributed by atoms with E-state index in [1.54, 1.807) is 12.1 Å². The summed E-state index contributed by atoms with van der Waals surface area (Å²) in [4.78, 5) is 23.8. The summed E-state index contributed by atoms with van der Waals surface area (Å²) in [5, 5.41) is -0.776. The maximum Gasteiger partial charge on any atom is 0.471 e. The van der Waals surface area contributed by atoms with E-state index in [2.05, 4.69) is 0 Å². The molecular formula is C12H12ClF3N2O2. The van der Waals surface area contributed by atoms with Gasteiger partial charge in [0.2, 0.25) is 0 Å². The fourth-order valence-electron chi connectivity index (χ4n) is 1.61. The van der Waals surface area contributed by atoms with Gasteiger partial charge in [0.1, 0.15) is 0 Å². The van der Waals surface area contributed by atoms with Gasteiger partial charge in [-0.25, -0.2) is 0 Å². The average molecular weight is 309 g/mol. The third-order valence-electron chi connectivity index (χ3n) is 2.61. The molecule has 20 heavy (non-hydrogen) atoms. The van der Waals surface area contributed by atoms with Crippen molar-refractivity contribution in [3.05, 3.63) is 29.8 Å². The Balaban J connectivity index is 2.99. The molecule has 0 spiro atoms. The molecule has 2 amide bonds. The van der Waals surface area contributed by atoms with Gasteiger partial charge in [-0.15, -0.1) is 0 Å². The Hall–Kier alpha value is -1.76. The predicted molar refractivity (Wildman–Crippen MR) is 68.6 cm³/mol. The number of para-hydroxylation sites is 1. The van der Waals surface area contributed by atoms with Gasteiger partial charge < -0.3 is 9.80 Å². The van der Waals surface area contributed by atoms with Gasteiger partial charge in [0, 0.05) is 26.3 Å². The number of nitrogens with zero attached hydrogens (tertiary/aromatic N) is 2. The Morgan fingerprint density at radius 2 is 1.75 bits per heavy atom. The van der Waals surface area contributed by atoms with Crippen molar-refractivity contribution in [1.82, 2.24) is 4.90 Å². The van der Waals surface area contributed by atoms with Crippen LogP contribution >= 0.6 is 11.6 Å². The van der Waals surface area contributed by atoms with Crippen molar-refractivity contribution in [3.8, 4) is 0 Å². The monoisotopic (exact) mass is 308 g/mol. The van der Waals surface area contributed by atoms with Crippen LogP contribution in [0.3, 0.4) is 0 Å². The highest BCUT2D eigenvalue weighted by molar-refractivity contribution is 6.66. The molecule has 8 heteroatoms. The second-order valence-corrected chi connectivity index (χ2v) is 4.42. The largest absolute Gasteiger partial charge is 0.471 e. The third kappa shape index (κ3) is 3.86. The number of benzene rings is 1. The number of anilines is 1. The zero-order valence-corrected chi connectivity index (χ0v) is 11.5. The van der Waals surface area contributed by atoms with Crippen LogP contribution in [-0.4, -0.2) is 36.4 Å². The number of halogens is 4. The van der Waals surface area contributed by atoms with Crippen LogP contribution in [0, 0.1) is 0 Å². The van der Waals surface area contributed by atoms with E-state index in [1.807, 2.05) is 0 Å². The molecule has 0 saturated heterocycles. The van der Waals surface area contributed by atoms with Gasteiger partial charge in [0.05, 0.1) is 0 Å². The van der Waals surface area contributed by atoms with E-state index in [4.69, 9.17) is 11.6 Å². The molecule has 0 aliphatic carbocycles. The van der Waals surface area contributed by atoms with Crippen molar-refractivity contribution in [1.29, 1.82) is 0 Å². The standard InChI is InChI=1S/C12H12ClF3N2O2/c1-17(10(19)12(14,15)16)7-8-5-3-4-6-9(8)18(2)11(13)20/h3-6H,7H2,1-2H3. The molecule has 1 rings (SSSR count). The zero-order valence-electron chi connectivity index (χ0n) is 10.7. The van der Waals surface area contributed by atoms with Gasteiger partial charge in [-0.3, -0.25) is 9.59 Å². The molecule has 1 aromatic carbocycles. The minimum Gasteiger partial charge on any atom is -0.334 e. The molecule has 0 aliphatic rings. The lowest BCUT2D eigenvalue weighted by atomic mass is 10.1. The molecule has 0 aromatic heterocycles. The summed E-state index contributed by atoms with van der Waals surface area (Å²) < 4.78 is 36.9. The number of rotatable bonds is 3. The predicted octanol–water partition coefficient (Wildman–Crippen LogP) is 3.00. The van der Waals surface area contributed by atoms with Crippen LogP contribution in [0.4, 0.5) is 23.7 Å². The summed E-state index contributed by atoms with van der Waals surface area (Å²) in [6.07, 6.45) is -4.93. The van der Waals surface area contributed by atoms with Crippen LogP contribution in [0.1, 0.15) is 5.56 Å². The van der Waals surface area contributed by atoms with E-state index in [0.29, 0.717) is 16.2 Å². The molecule has 0 bridgehead atoms. The van der Waals surface area contributed by atoms with Crippen LogP contribution in [0.15, 0.2) is 24.3 Å². The number of amides is 2. The molecule has 0 unspecified atom stereocenters. The summed E-state index contributed by atoms with van der Waals surface area (Å²) in [7, 11) is 2.43. The normalized spacial score (nSPS) is 11.1. The smallest absolute Gasteiger partial charge is 0.334 e. The Bertz CT molecular complexity index is 520. The van der Waals surface area contributed by atoms with Crippen molar-refractivity contribution in [2.24, 2.45) is 0 Å². The van der Waals surface area contributed by atoms with E-state index in [1.165, 1.54) is 19.2 Å². The fraction of sp³-hybridized carbons (Fsp3) is 0.333. The maximum atomic E-state index is 12.3. The lowest BCUT2D eigenvalue weighted by Crippen LogP contribution is -2.38. The van der Waals surface area contributed by atoms with Gasteiger partial charge in [-0.1, -0.05) is 18.2 Å². The van der Waals surface area contributed by atoms with Gasteiger partial charge in [-0.05, 0) is 23.2 Å². The molecular weight excluding hydrogens is 297 g/mol. The second kappa shape index (κ2) is 6.13. The first-order valence-corrected chi connectivity index (χ1v) is 5.85. The second-order valence-electron chi connectivity index (χ2n) is 4.10. The van der Waals surface area contributed by atoms with E-state index in [-0.39, 0.29) is 6.54 Å². The Morgan fingerprint density at radius 1 is 1.20 bits per heavy atom. The molecule has 110 valence electrons. The van der Waals surface area contributed by atoms with E-state index in [0.717, 1.165) is 11.9 Å². The molecule has 0 radical (unpaired) electrons. The van der Waals surface area contributed by atoms with Gasteiger partial charge in [-0.2, -0.15) is 13.2 Å². The Kier molecular flexibility index (Phi) is 4.99. The van der Waals surface area contributed by atoms with Crippen molar-refractivity contribution in [2.45, 2.75) is 12.7 Å². The molecule has 0 atom stereocenters. The fourth-order valence-corrected chi connectivity index (χ4v) is 1.70. The summed E-state index contributed by atoms with van der Waals surface area (Å²) >= 11 is 5.33. The summed E-state index contributed by atoms with van der Waals surface area (Å²) in [5.41, 5.74) is 0.721. The number of hydrogen-bond acceptors (Lipinski definition) is 2. The lowest BCUT2D eigenvalue weighted by Gasteiger charge is -2.23. The molecule has 0 saturated carbocycles. The molecule has 0 N–H and O–H groups in total. The number of carbonyl (C=O) groups excluding carboxylic acids is 2. The van der Waals surface area contributed by atoms with Crippen molar-refractivity contribution in [3.63, 3.8) is 0 Å². The van der Waals surface area contributed by atoms with E-state index >= 15 is 0 Å². The van der Waals surface area contributed by atoms with E-state index < -0.39 is 17.4 Å². The third-order valence-corrected chi connectivity index (χ3v) is 2.87. The van der Waals surface area contributed by atoms with Crippen molar-refractivity contribution in [2.75, 3.05) is 19.0 Å². The quantitative estimate of drug-likeness (QED) is 0.636. The number of carbonyl (C=O) groups is 2. The Labute approximate surface area is 118 Å². The van der Waals surface area contributed by atoms with Gasteiger partial charge in [0.15, 0.2) is 0 Å². The van der Waals surface area contributed by atoms with E-state index in [9.17, 15) is 22.8 Å². The first-order valence-electron chi connectivity index (χ1n) is 5.48. The van der Waals surface area contributed by atoms with Gasteiger partial charge >= 0.3 is 17.4 Å². The zero-order chi connectivity index (χ0) is 15.5. The summed E-state index contributed by atoms with van der Waals surface area (Å²) in [6, 6.07) is 6.26. The molecule has 1 aromatic rings. The van der Waals surface area contributed by atoms with Crippen LogP contribution in [0.5, 0.6) is 0 Å². The minimum absolute atomic E-state index is 0.289. The highest BCUT2D eigenvalue weighted by Crippen LogP contribution is 2.24. The van der Waals surface area contributed by atoms with Crippen LogP contribution in [0.2, 0.25) is 0 Å². The topological polar surface area (TPSA) is 40.6 Å². The van der Waals surface area contributed by atoms with Crippen LogP contribution in [0.25, 0.3) is 0 Å². The van der Waals surface area contributed by atoms with Crippen molar-refractivity contribution < 1.29 is 22.8 Å². The van der Waals surface area contributed by atoms with Crippen LogP contribution < -0.4 is 4.90 Å². The minimum atomic E-state index is -4.93. The molecule has 4 nitrogen and oxygen atoms in total. The average Bonchev–Trinajstić information content (AvgIpc) is 2.36. The SMILES string of the molecule is CN(Cc1ccccc1N(C)C(=O)Cl)C(=O)C(F)(F)F. The Morgan fingerprint density at radius 3 is 2.25 bits per heavy atom. The molecule has 0 fully saturated rings. The number of alkyl halides is 3. The highest BCUT2D eigenvalue weighted by Gasteiger charge is 2.41. The summed E-state index contributed by atoms with van der Waals surface area (Å²) in [6.45, 7) is -0.289. The van der Waals surface area contributed by atoms with Gasteiger partial charge in [0.25, 0.3) is 0 Å². The van der Waals surface area contributed by atoms with Crippen LogP contribution in [-0.2, 0) is 11.3 Å². The first-order chi connectivity index (χ1) is 9.14. The number of hydrogen-bond donors (Lipinski definition) is 0. The highest BCUT2D eigenvalue weighted by atomic mass is 35.5. The first kappa shape index (κ1) is 16.3. The maximum absolute atomic E-state index is 12.3. The van der Waals surface area contributed by atoms with Crippen molar-refractivity contribution >= 4 is 28.6 Å². The molecule has 0 heterocycles. The molecule has 0 aliphatic heterocycles.